The Bertz CT molecular complexity index is 1230. The summed E-state index contributed by atoms with van der Waals surface area (Å²) in [6.45, 7) is 4.43. The quantitative estimate of drug-likeness (QED) is 0.473. The van der Waals surface area contributed by atoms with Crippen LogP contribution in [0.5, 0.6) is 0 Å². The number of methoxy groups -OCH3 is 1. The van der Waals surface area contributed by atoms with Crippen LogP contribution in [0.1, 0.15) is 17.4 Å². The molecule has 3 aromatic rings. The van der Waals surface area contributed by atoms with Gasteiger partial charge in [0.05, 0.1) is 49.8 Å². The molecule has 0 aliphatic carbocycles. The number of benzene rings is 1. The van der Waals surface area contributed by atoms with Gasteiger partial charge >= 0.3 is 5.97 Å². The molecule has 11 nitrogen and oxygen atoms in total. The van der Waals surface area contributed by atoms with Crippen molar-refractivity contribution in [2.45, 2.75) is 13.0 Å². The number of amides is 1. The van der Waals surface area contributed by atoms with E-state index in [-0.39, 0.29) is 17.5 Å². The number of anilines is 4. The van der Waals surface area contributed by atoms with Gasteiger partial charge in [-0.1, -0.05) is 12.1 Å². The van der Waals surface area contributed by atoms with Crippen molar-refractivity contribution >= 4 is 34.8 Å². The number of rotatable bonds is 7. The van der Waals surface area contributed by atoms with Gasteiger partial charge in [-0.15, -0.1) is 0 Å². The van der Waals surface area contributed by atoms with Crippen LogP contribution in [0.25, 0.3) is 11.3 Å². The van der Waals surface area contributed by atoms with Gasteiger partial charge in [0.15, 0.2) is 11.5 Å². The Morgan fingerprint density at radius 3 is 2.58 bits per heavy atom. The number of esters is 1. The maximum Gasteiger partial charge on any atom is 0.328 e. The Morgan fingerprint density at radius 1 is 1.17 bits per heavy atom. The fourth-order valence-corrected chi connectivity index (χ4v) is 3.87. The zero-order valence-electron chi connectivity index (χ0n) is 20.5. The number of nitrogens with one attached hydrogen (secondary N) is 1. The first kappa shape index (κ1) is 24.9. The fraction of sp³-hybridized carbons (Fsp3) is 0.320. The second kappa shape index (κ2) is 11.0. The highest BCUT2D eigenvalue weighted by Crippen LogP contribution is 2.27. The van der Waals surface area contributed by atoms with Gasteiger partial charge in [-0.25, -0.2) is 14.8 Å². The van der Waals surface area contributed by atoms with Crippen LogP contribution in [-0.4, -0.2) is 73.3 Å². The lowest BCUT2D eigenvalue weighted by Crippen LogP contribution is -2.36. The Balaban J connectivity index is 1.54. The second-order valence-corrected chi connectivity index (χ2v) is 8.29. The molecule has 4 rings (SSSR count). The maximum absolute atomic E-state index is 13.1. The third kappa shape index (κ3) is 5.36. The molecule has 0 spiro atoms. The number of nitrogens with zero attached hydrogens (tertiary/aromatic N) is 5. The Kier molecular flexibility index (Phi) is 7.59. The summed E-state index contributed by atoms with van der Waals surface area (Å²) in [7, 11) is 3.17. The zero-order chi connectivity index (χ0) is 25.7. The number of hydrogen-bond acceptors (Lipinski definition) is 10. The molecular formula is C25H29N7O4. The van der Waals surface area contributed by atoms with E-state index in [4.69, 9.17) is 15.2 Å². The molecule has 0 saturated carbocycles. The Hall–Kier alpha value is -4.25. The number of ether oxygens (including phenoxy) is 2. The highest BCUT2D eigenvalue weighted by Gasteiger charge is 2.21. The molecule has 1 aliphatic rings. The van der Waals surface area contributed by atoms with Crippen molar-refractivity contribution in [3.63, 3.8) is 0 Å². The minimum atomic E-state index is -0.479. The molecule has 0 bridgehead atoms. The van der Waals surface area contributed by atoms with E-state index in [0.717, 1.165) is 16.9 Å². The molecule has 1 saturated heterocycles. The predicted octanol–water partition coefficient (Wildman–Crippen LogP) is 2.21. The van der Waals surface area contributed by atoms with E-state index in [9.17, 15) is 9.59 Å². The maximum atomic E-state index is 13.1. The molecule has 1 aliphatic heterocycles. The molecule has 1 aromatic carbocycles. The summed E-state index contributed by atoms with van der Waals surface area (Å²) >= 11 is 0. The van der Waals surface area contributed by atoms with Crippen molar-refractivity contribution in [2.75, 3.05) is 61.3 Å². The summed E-state index contributed by atoms with van der Waals surface area (Å²) in [6, 6.07) is 8.81. The minimum absolute atomic E-state index is 0.0183. The summed E-state index contributed by atoms with van der Waals surface area (Å²) in [6.07, 6.45) is 4.80. The van der Waals surface area contributed by atoms with Crippen LogP contribution in [0, 0.1) is 0 Å². The molecule has 11 heteroatoms. The highest BCUT2D eigenvalue weighted by atomic mass is 16.5. The molecule has 3 N–H and O–H groups in total. The van der Waals surface area contributed by atoms with Crippen LogP contribution in [0.15, 0.2) is 48.9 Å². The van der Waals surface area contributed by atoms with E-state index in [0.29, 0.717) is 37.7 Å². The first-order valence-corrected chi connectivity index (χ1v) is 11.5. The number of nitrogens with two attached hydrogens (primary N) is 1. The average molecular weight is 492 g/mol. The van der Waals surface area contributed by atoms with Gasteiger partial charge in [0.1, 0.15) is 6.04 Å². The lowest BCUT2D eigenvalue weighted by Gasteiger charge is -2.30. The van der Waals surface area contributed by atoms with E-state index in [1.807, 2.05) is 42.3 Å². The molecule has 3 heterocycles. The van der Waals surface area contributed by atoms with Gasteiger partial charge in [-0.2, -0.15) is 0 Å². The van der Waals surface area contributed by atoms with Crippen LogP contribution < -0.4 is 20.9 Å². The molecule has 1 fully saturated rings. The normalized spacial score (nSPS) is 14.1. The molecule has 2 aromatic heterocycles. The SMILES string of the molecule is COC(=O)[C@@H](C)N(C)c1ccc(-c2cnc(N)c(C(=O)Nc3cnccc3N3CCOCC3)n2)cc1. The number of aromatic nitrogens is 3. The smallest absolute Gasteiger partial charge is 0.328 e. The molecular weight excluding hydrogens is 462 g/mol. The van der Waals surface area contributed by atoms with E-state index < -0.39 is 11.9 Å². The largest absolute Gasteiger partial charge is 0.467 e. The molecule has 1 atom stereocenters. The van der Waals surface area contributed by atoms with E-state index in [1.165, 1.54) is 13.3 Å². The number of carbonyl (C=O) groups excluding carboxylic acids is 2. The zero-order valence-corrected chi connectivity index (χ0v) is 20.5. The van der Waals surface area contributed by atoms with Gasteiger partial charge in [0.2, 0.25) is 0 Å². The lowest BCUT2D eigenvalue weighted by atomic mass is 10.1. The van der Waals surface area contributed by atoms with E-state index in [2.05, 4.69) is 25.2 Å². The second-order valence-electron chi connectivity index (χ2n) is 8.29. The van der Waals surface area contributed by atoms with Crippen molar-refractivity contribution in [3.05, 3.63) is 54.6 Å². The predicted molar refractivity (Wildman–Crippen MR) is 137 cm³/mol. The molecule has 36 heavy (non-hydrogen) atoms. The van der Waals surface area contributed by atoms with Crippen molar-refractivity contribution in [2.24, 2.45) is 0 Å². The summed E-state index contributed by atoms with van der Waals surface area (Å²) in [4.78, 5) is 41.8. The number of hydrogen-bond donors (Lipinski definition) is 2. The monoisotopic (exact) mass is 491 g/mol. The standard InChI is InChI=1S/C25H29N7O4/c1-16(25(34)35-3)31(2)18-6-4-17(5-7-18)19-15-28-23(26)22(29-19)24(33)30-20-14-27-9-8-21(20)32-10-12-36-13-11-32/h4-9,14-16H,10-13H2,1-3H3,(H2,26,28)(H,30,33)/t16-/m1/s1. The van der Waals surface area contributed by atoms with Crippen LogP contribution >= 0.6 is 0 Å². The summed E-state index contributed by atoms with van der Waals surface area (Å²) < 4.78 is 10.2. The Morgan fingerprint density at radius 2 is 1.89 bits per heavy atom. The van der Waals surface area contributed by atoms with Crippen molar-refractivity contribution in [1.82, 2.24) is 15.0 Å². The van der Waals surface area contributed by atoms with Gasteiger partial charge in [0, 0.05) is 37.6 Å². The number of morpholine rings is 1. The molecule has 188 valence electrons. The number of likely N-dealkylation sites (N-methyl/N-ethyl adjacent to an activating group) is 1. The summed E-state index contributed by atoms with van der Waals surface area (Å²) in [5, 5.41) is 2.88. The van der Waals surface area contributed by atoms with Crippen LogP contribution in [0.3, 0.4) is 0 Å². The van der Waals surface area contributed by atoms with Crippen molar-refractivity contribution < 1.29 is 19.1 Å². The Labute approximate surface area is 209 Å². The third-order valence-electron chi connectivity index (χ3n) is 6.11. The van der Waals surface area contributed by atoms with Crippen LogP contribution in [0.2, 0.25) is 0 Å². The number of pyridine rings is 1. The molecule has 1 amide bonds. The lowest BCUT2D eigenvalue weighted by molar-refractivity contribution is -0.141. The third-order valence-corrected chi connectivity index (χ3v) is 6.11. The topological polar surface area (TPSA) is 136 Å². The van der Waals surface area contributed by atoms with Crippen molar-refractivity contribution in [1.29, 1.82) is 0 Å². The summed E-state index contributed by atoms with van der Waals surface area (Å²) in [5.74, 6) is -0.782. The van der Waals surface area contributed by atoms with Crippen LogP contribution in [0.4, 0.5) is 22.9 Å². The van der Waals surface area contributed by atoms with Gasteiger partial charge in [-0.05, 0) is 25.1 Å². The minimum Gasteiger partial charge on any atom is -0.467 e. The van der Waals surface area contributed by atoms with Crippen LogP contribution in [-0.2, 0) is 14.3 Å². The van der Waals surface area contributed by atoms with Crippen molar-refractivity contribution in [3.8, 4) is 11.3 Å². The number of carbonyl (C=O) groups is 2. The average Bonchev–Trinajstić information content (AvgIpc) is 2.93. The first-order chi connectivity index (χ1) is 17.4. The molecule has 0 radical (unpaired) electrons. The first-order valence-electron chi connectivity index (χ1n) is 11.5. The summed E-state index contributed by atoms with van der Waals surface area (Å²) in [5.41, 5.74) is 9.50. The van der Waals surface area contributed by atoms with Gasteiger partial charge in [0.25, 0.3) is 5.91 Å². The number of nitrogen functional groups attached to an aromatic ring is 1. The van der Waals surface area contributed by atoms with Gasteiger partial charge in [-0.3, -0.25) is 9.78 Å². The highest BCUT2D eigenvalue weighted by molar-refractivity contribution is 6.07. The van der Waals surface area contributed by atoms with E-state index >= 15 is 0 Å². The van der Waals surface area contributed by atoms with Gasteiger partial charge < -0.3 is 30.3 Å². The fourth-order valence-electron chi connectivity index (χ4n) is 3.87. The van der Waals surface area contributed by atoms with E-state index in [1.54, 1.807) is 19.3 Å². The molecule has 0 unspecified atom stereocenters.